The fraction of sp³-hybridized carbons (Fsp3) is 0.214. The van der Waals surface area contributed by atoms with Crippen LogP contribution in [0.1, 0.15) is 21.9 Å². The molecular formula is C14H16N2O2. The summed E-state index contributed by atoms with van der Waals surface area (Å²) in [7, 11) is 0. The number of nitrogens with one attached hydrogen (secondary N) is 1. The van der Waals surface area contributed by atoms with Gasteiger partial charge in [0.25, 0.3) is 5.91 Å². The lowest BCUT2D eigenvalue weighted by molar-refractivity contribution is 0.0995. The van der Waals surface area contributed by atoms with Crippen LogP contribution in [-0.2, 0) is 6.42 Å². The second-order valence-electron chi connectivity index (χ2n) is 4.07. The normalized spacial score (nSPS) is 10.3. The summed E-state index contributed by atoms with van der Waals surface area (Å²) >= 11 is 0. The Morgan fingerprint density at radius 2 is 2.06 bits per heavy atom. The summed E-state index contributed by atoms with van der Waals surface area (Å²) in [6.07, 6.45) is 0.637. The number of rotatable bonds is 4. The number of furan rings is 1. The summed E-state index contributed by atoms with van der Waals surface area (Å²) in [5, 5.41) is 2.82. The molecule has 0 unspecified atom stereocenters. The number of hydrogen-bond donors (Lipinski definition) is 2. The fourth-order valence-corrected chi connectivity index (χ4v) is 1.67. The smallest absolute Gasteiger partial charge is 0.291 e. The molecule has 1 aromatic carbocycles. The van der Waals surface area contributed by atoms with Crippen molar-refractivity contribution in [1.82, 2.24) is 0 Å². The molecule has 0 aliphatic carbocycles. The molecule has 1 heterocycles. The van der Waals surface area contributed by atoms with Crippen LogP contribution < -0.4 is 11.1 Å². The van der Waals surface area contributed by atoms with Crippen LogP contribution in [0, 0.1) is 6.92 Å². The Labute approximate surface area is 106 Å². The zero-order valence-corrected chi connectivity index (χ0v) is 10.3. The number of carbonyl (C=O) groups is 1. The minimum absolute atomic E-state index is 0.243. The summed E-state index contributed by atoms with van der Waals surface area (Å²) in [5.41, 5.74) is 7.23. The predicted molar refractivity (Wildman–Crippen MR) is 70.6 cm³/mol. The zero-order valence-electron chi connectivity index (χ0n) is 10.3. The van der Waals surface area contributed by atoms with Crippen molar-refractivity contribution < 1.29 is 9.21 Å². The van der Waals surface area contributed by atoms with Gasteiger partial charge in [0.15, 0.2) is 5.76 Å². The summed E-state index contributed by atoms with van der Waals surface area (Å²) in [4.78, 5) is 11.9. The maximum atomic E-state index is 11.9. The van der Waals surface area contributed by atoms with Crippen LogP contribution in [0.25, 0.3) is 0 Å². The molecule has 0 aliphatic rings. The summed E-state index contributed by atoms with van der Waals surface area (Å²) in [5.74, 6) is 0.793. The molecular weight excluding hydrogens is 228 g/mol. The maximum absolute atomic E-state index is 11.9. The monoisotopic (exact) mass is 244 g/mol. The summed E-state index contributed by atoms with van der Waals surface area (Å²) < 4.78 is 5.41. The van der Waals surface area contributed by atoms with Crippen molar-refractivity contribution >= 4 is 11.6 Å². The van der Waals surface area contributed by atoms with E-state index in [1.54, 1.807) is 12.1 Å². The second-order valence-corrected chi connectivity index (χ2v) is 4.07. The number of anilines is 1. The molecule has 2 rings (SSSR count). The van der Waals surface area contributed by atoms with Crippen molar-refractivity contribution in [2.75, 3.05) is 11.9 Å². The number of carbonyl (C=O) groups excluding carboxylic acids is 1. The SMILES string of the molecule is Cc1ccccc1NC(=O)c1ccc(CCN)o1. The highest BCUT2D eigenvalue weighted by Crippen LogP contribution is 2.16. The number of para-hydroxylation sites is 1. The van der Waals surface area contributed by atoms with Crippen LogP contribution in [0.2, 0.25) is 0 Å². The highest BCUT2D eigenvalue weighted by molar-refractivity contribution is 6.02. The molecule has 0 bridgehead atoms. The van der Waals surface area contributed by atoms with Gasteiger partial charge in [0.1, 0.15) is 5.76 Å². The van der Waals surface area contributed by atoms with Crippen molar-refractivity contribution in [1.29, 1.82) is 0 Å². The topological polar surface area (TPSA) is 68.3 Å². The van der Waals surface area contributed by atoms with E-state index >= 15 is 0 Å². The van der Waals surface area contributed by atoms with Gasteiger partial charge in [-0.15, -0.1) is 0 Å². The average molecular weight is 244 g/mol. The van der Waals surface area contributed by atoms with Crippen LogP contribution in [0.4, 0.5) is 5.69 Å². The Bertz CT molecular complexity index is 546. The van der Waals surface area contributed by atoms with Crippen LogP contribution in [0.3, 0.4) is 0 Å². The third-order valence-corrected chi connectivity index (χ3v) is 2.67. The van der Waals surface area contributed by atoms with Gasteiger partial charge in [-0.1, -0.05) is 18.2 Å². The number of hydrogen-bond acceptors (Lipinski definition) is 3. The Kier molecular flexibility index (Phi) is 3.79. The van der Waals surface area contributed by atoms with E-state index in [1.165, 1.54) is 0 Å². The van der Waals surface area contributed by atoms with E-state index in [9.17, 15) is 4.79 Å². The van der Waals surface area contributed by atoms with Crippen LogP contribution in [-0.4, -0.2) is 12.5 Å². The van der Waals surface area contributed by atoms with Gasteiger partial charge >= 0.3 is 0 Å². The van der Waals surface area contributed by atoms with Crippen LogP contribution >= 0.6 is 0 Å². The van der Waals surface area contributed by atoms with Gasteiger partial charge in [-0.2, -0.15) is 0 Å². The molecule has 0 radical (unpaired) electrons. The number of amides is 1. The number of nitrogens with two attached hydrogens (primary N) is 1. The van der Waals surface area contributed by atoms with Crippen molar-refractivity contribution in [2.45, 2.75) is 13.3 Å². The van der Waals surface area contributed by atoms with E-state index in [1.807, 2.05) is 31.2 Å². The molecule has 0 saturated carbocycles. The number of aryl methyl sites for hydroxylation is 1. The van der Waals surface area contributed by atoms with Crippen LogP contribution in [0.5, 0.6) is 0 Å². The van der Waals surface area contributed by atoms with Crippen molar-refractivity contribution in [3.8, 4) is 0 Å². The first-order valence-electron chi connectivity index (χ1n) is 5.86. The largest absolute Gasteiger partial charge is 0.456 e. The van der Waals surface area contributed by atoms with E-state index in [2.05, 4.69) is 5.32 Å². The lowest BCUT2D eigenvalue weighted by Gasteiger charge is -2.06. The third-order valence-electron chi connectivity index (χ3n) is 2.67. The molecule has 4 nitrogen and oxygen atoms in total. The lowest BCUT2D eigenvalue weighted by atomic mass is 10.2. The minimum Gasteiger partial charge on any atom is -0.456 e. The second kappa shape index (κ2) is 5.51. The highest BCUT2D eigenvalue weighted by Gasteiger charge is 2.11. The number of benzene rings is 1. The highest BCUT2D eigenvalue weighted by atomic mass is 16.3. The van der Waals surface area contributed by atoms with Gasteiger partial charge < -0.3 is 15.5 Å². The molecule has 0 spiro atoms. The van der Waals surface area contributed by atoms with Crippen molar-refractivity contribution in [3.63, 3.8) is 0 Å². The van der Waals surface area contributed by atoms with E-state index < -0.39 is 0 Å². The molecule has 18 heavy (non-hydrogen) atoms. The Morgan fingerprint density at radius 3 is 2.78 bits per heavy atom. The van der Waals surface area contributed by atoms with E-state index in [-0.39, 0.29) is 5.91 Å². The Balaban J connectivity index is 2.10. The molecule has 2 aromatic rings. The molecule has 0 aliphatic heterocycles. The van der Waals surface area contributed by atoms with Crippen molar-refractivity contribution in [3.05, 3.63) is 53.5 Å². The maximum Gasteiger partial charge on any atom is 0.291 e. The molecule has 3 N–H and O–H groups in total. The van der Waals surface area contributed by atoms with Gasteiger partial charge in [0.05, 0.1) is 0 Å². The predicted octanol–water partition coefficient (Wildman–Crippen LogP) is 2.34. The molecule has 0 saturated heterocycles. The average Bonchev–Trinajstić information content (AvgIpc) is 2.81. The molecule has 4 heteroatoms. The third kappa shape index (κ3) is 2.78. The van der Waals surface area contributed by atoms with Gasteiger partial charge in [-0.3, -0.25) is 4.79 Å². The molecule has 1 aromatic heterocycles. The van der Waals surface area contributed by atoms with Gasteiger partial charge in [-0.05, 0) is 37.2 Å². The molecule has 0 atom stereocenters. The minimum atomic E-state index is -0.243. The van der Waals surface area contributed by atoms with Gasteiger partial charge in [0.2, 0.25) is 0 Å². The fourth-order valence-electron chi connectivity index (χ4n) is 1.67. The van der Waals surface area contributed by atoms with E-state index in [0.717, 1.165) is 17.0 Å². The van der Waals surface area contributed by atoms with Gasteiger partial charge in [-0.25, -0.2) is 0 Å². The Hall–Kier alpha value is -2.07. The lowest BCUT2D eigenvalue weighted by Crippen LogP contribution is -2.11. The van der Waals surface area contributed by atoms with Crippen molar-refractivity contribution in [2.24, 2.45) is 5.73 Å². The zero-order chi connectivity index (χ0) is 13.0. The first kappa shape index (κ1) is 12.4. The van der Waals surface area contributed by atoms with E-state index in [0.29, 0.717) is 18.7 Å². The van der Waals surface area contributed by atoms with E-state index in [4.69, 9.17) is 10.2 Å². The van der Waals surface area contributed by atoms with Gasteiger partial charge in [0, 0.05) is 12.1 Å². The van der Waals surface area contributed by atoms with Crippen LogP contribution in [0.15, 0.2) is 40.8 Å². The summed E-state index contributed by atoms with van der Waals surface area (Å²) in [6, 6.07) is 11.1. The molecule has 94 valence electrons. The quantitative estimate of drug-likeness (QED) is 0.867. The standard InChI is InChI=1S/C14H16N2O2/c1-10-4-2-3-5-12(10)16-14(17)13-7-6-11(18-13)8-9-15/h2-7H,8-9,15H2,1H3,(H,16,17). The molecule has 1 amide bonds. The first-order chi connectivity index (χ1) is 8.70. The first-order valence-corrected chi connectivity index (χ1v) is 5.86. The molecule has 0 fully saturated rings. The Morgan fingerprint density at radius 1 is 1.28 bits per heavy atom. The summed E-state index contributed by atoms with van der Waals surface area (Å²) in [6.45, 7) is 2.45.